The number of amides is 2. The molecule has 6 nitrogen and oxygen atoms in total. The van der Waals surface area contributed by atoms with E-state index in [0.717, 1.165) is 0 Å². The average Bonchev–Trinajstić information content (AvgIpc) is 2.36. The predicted molar refractivity (Wildman–Crippen MR) is 63.6 cm³/mol. The minimum Gasteiger partial charge on any atom is -0.375 e. The predicted octanol–water partition coefficient (Wildman–Crippen LogP) is -1.09. The Hall–Kier alpha value is -1.14. The zero-order valence-corrected chi connectivity index (χ0v) is 10.6. The molecule has 1 N–H and O–H groups in total. The van der Waals surface area contributed by atoms with Gasteiger partial charge in [0, 0.05) is 46.3 Å². The van der Waals surface area contributed by atoms with Crippen molar-refractivity contribution in [2.24, 2.45) is 0 Å². The molecule has 0 aromatic carbocycles. The third-order valence-electron chi connectivity index (χ3n) is 2.84. The van der Waals surface area contributed by atoms with Gasteiger partial charge in [-0.2, -0.15) is 0 Å². The van der Waals surface area contributed by atoms with Gasteiger partial charge in [0.05, 0.1) is 0 Å². The molecule has 0 aromatic rings. The minimum absolute atomic E-state index is 0.00479. The van der Waals surface area contributed by atoms with E-state index in [4.69, 9.17) is 4.74 Å². The molecule has 98 valence electrons. The number of nitrogens with zero attached hydrogens (tertiary/aromatic N) is 2. The van der Waals surface area contributed by atoms with Crippen molar-refractivity contribution < 1.29 is 14.3 Å². The van der Waals surface area contributed by atoms with E-state index in [9.17, 15) is 9.59 Å². The Bertz CT molecular complexity index is 263. The summed E-state index contributed by atoms with van der Waals surface area (Å²) in [6.07, 6.45) is 0.516. The molecule has 1 rings (SSSR count). The Morgan fingerprint density at radius 1 is 1.12 bits per heavy atom. The van der Waals surface area contributed by atoms with Crippen LogP contribution in [-0.2, 0) is 14.3 Å². The van der Waals surface area contributed by atoms with E-state index in [2.05, 4.69) is 5.32 Å². The molecule has 0 bridgehead atoms. The van der Waals surface area contributed by atoms with Gasteiger partial charge in [0.1, 0.15) is 6.61 Å². The summed E-state index contributed by atoms with van der Waals surface area (Å²) in [7, 11) is 3.34. The maximum absolute atomic E-state index is 11.7. The first-order chi connectivity index (χ1) is 8.19. The minimum atomic E-state index is -0.00479. The van der Waals surface area contributed by atoms with Crippen LogP contribution in [0.3, 0.4) is 0 Å². The number of nitrogens with one attached hydrogen (secondary N) is 1. The van der Waals surface area contributed by atoms with Crippen molar-refractivity contribution in [1.29, 1.82) is 0 Å². The highest BCUT2D eigenvalue weighted by Crippen LogP contribution is 2.04. The van der Waals surface area contributed by atoms with Crippen LogP contribution in [0.1, 0.15) is 6.42 Å². The second kappa shape index (κ2) is 7.24. The number of methoxy groups -OCH3 is 1. The second-order valence-electron chi connectivity index (χ2n) is 4.05. The molecule has 1 saturated heterocycles. The molecule has 1 fully saturated rings. The van der Waals surface area contributed by atoms with Crippen LogP contribution < -0.4 is 5.32 Å². The number of carbonyl (C=O) groups is 2. The summed E-state index contributed by atoms with van der Waals surface area (Å²) in [6, 6.07) is 0. The van der Waals surface area contributed by atoms with Gasteiger partial charge in [-0.25, -0.2) is 0 Å². The maximum atomic E-state index is 11.7. The summed E-state index contributed by atoms with van der Waals surface area (Å²) in [6.45, 7) is 3.27. The Labute approximate surface area is 102 Å². The lowest BCUT2D eigenvalue weighted by molar-refractivity contribution is -0.141. The van der Waals surface area contributed by atoms with Crippen LogP contribution in [0.5, 0.6) is 0 Å². The van der Waals surface area contributed by atoms with Crippen LogP contribution in [0, 0.1) is 0 Å². The summed E-state index contributed by atoms with van der Waals surface area (Å²) >= 11 is 0. The highest BCUT2D eigenvalue weighted by Gasteiger charge is 2.23. The lowest BCUT2D eigenvalue weighted by atomic mass is 10.2. The number of ether oxygens (including phenoxy) is 1. The molecule has 0 saturated carbocycles. The number of rotatable bonds is 5. The van der Waals surface area contributed by atoms with Gasteiger partial charge in [-0.15, -0.1) is 0 Å². The van der Waals surface area contributed by atoms with Gasteiger partial charge in [-0.05, 0) is 7.05 Å². The second-order valence-corrected chi connectivity index (χ2v) is 4.05. The average molecular weight is 243 g/mol. The zero-order chi connectivity index (χ0) is 12.7. The van der Waals surface area contributed by atoms with E-state index in [1.165, 1.54) is 7.11 Å². The van der Waals surface area contributed by atoms with Crippen molar-refractivity contribution >= 4 is 11.8 Å². The molecular weight excluding hydrogens is 222 g/mol. The molecule has 2 amide bonds. The van der Waals surface area contributed by atoms with E-state index in [1.807, 2.05) is 11.9 Å². The smallest absolute Gasteiger partial charge is 0.248 e. The molecule has 0 atom stereocenters. The summed E-state index contributed by atoms with van der Waals surface area (Å²) in [4.78, 5) is 26.8. The molecule has 0 aliphatic carbocycles. The van der Waals surface area contributed by atoms with Crippen LogP contribution in [0.25, 0.3) is 0 Å². The third-order valence-corrected chi connectivity index (χ3v) is 2.84. The highest BCUT2D eigenvalue weighted by atomic mass is 16.5. The molecule has 0 aromatic heterocycles. The molecule has 17 heavy (non-hydrogen) atoms. The van der Waals surface area contributed by atoms with Gasteiger partial charge in [0.25, 0.3) is 0 Å². The van der Waals surface area contributed by atoms with Crippen LogP contribution in [0.4, 0.5) is 0 Å². The summed E-state index contributed by atoms with van der Waals surface area (Å²) < 4.78 is 4.80. The normalized spacial score (nSPS) is 16.1. The topological polar surface area (TPSA) is 61.9 Å². The standard InChI is InChI=1S/C11H21N3O3/c1-12-4-3-10(15)13-5-7-14(8-6-13)11(16)9-17-2/h12H,3-9H2,1-2H3. The first-order valence-corrected chi connectivity index (χ1v) is 5.88. The molecular formula is C11H21N3O3. The number of carbonyl (C=O) groups excluding carboxylic acids is 2. The van der Waals surface area contributed by atoms with Crippen LogP contribution in [-0.4, -0.2) is 75.1 Å². The Kier molecular flexibility index (Phi) is 5.93. The molecule has 0 radical (unpaired) electrons. The SMILES string of the molecule is CNCCC(=O)N1CCN(C(=O)COC)CC1. The Balaban J connectivity index is 2.30. The number of hydrogen-bond acceptors (Lipinski definition) is 4. The van der Waals surface area contributed by atoms with Crippen molar-refractivity contribution in [3.63, 3.8) is 0 Å². The Morgan fingerprint density at radius 3 is 2.12 bits per heavy atom. The molecule has 1 heterocycles. The fourth-order valence-corrected chi connectivity index (χ4v) is 1.81. The fourth-order valence-electron chi connectivity index (χ4n) is 1.81. The van der Waals surface area contributed by atoms with Gasteiger partial charge in [0.2, 0.25) is 11.8 Å². The quantitative estimate of drug-likeness (QED) is 0.667. The monoisotopic (exact) mass is 243 g/mol. The van der Waals surface area contributed by atoms with Gasteiger partial charge in [-0.1, -0.05) is 0 Å². The van der Waals surface area contributed by atoms with Crippen molar-refractivity contribution in [1.82, 2.24) is 15.1 Å². The van der Waals surface area contributed by atoms with E-state index in [-0.39, 0.29) is 18.4 Å². The summed E-state index contributed by atoms with van der Waals surface area (Å²) in [5.74, 6) is 0.146. The first kappa shape index (κ1) is 13.9. The lowest BCUT2D eigenvalue weighted by Crippen LogP contribution is -2.51. The van der Waals surface area contributed by atoms with Gasteiger partial charge in [0.15, 0.2) is 0 Å². The van der Waals surface area contributed by atoms with Crippen molar-refractivity contribution in [3.8, 4) is 0 Å². The summed E-state index contributed by atoms with van der Waals surface area (Å²) in [5, 5.41) is 2.95. The van der Waals surface area contributed by atoms with Gasteiger partial charge in [-0.3, -0.25) is 9.59 Å². The van der Waals surface area contributed by atoms with E-state index >= 15 is 0 Å². The molecule has 6 heteroatoms. The number of piperazine rings is 1. The molecule has 0 unspecified atom stereocenters. The molecule has 1 aliphatic rings. The molecule has 0 spiro atoms. The highest BCUT2D eigenvalue weighted by molar-refractivity contribution is 5.79. The summed E-state index contributed by atoms with van der Waals surface area (Å²) in [5.41, 5.74) is 0. The van der Waals surface area contributed by atoms with Gasteiger partial charge < -0.3 is 19.9 Å². The van der Waals surface area contributed by atoms with Crippen molar-refractivity contribution in [2.75, 3.05) is 53.5 Å². The molecule has 1 aliphatic heterocycles. The fraction of sp³-hybridized carbons (Fsp3) is 0.818. The third kappa shape index (κ3) is 4.32. The van der Waals surface area contributed by atoms with E-state index in [0.29, 0.717) is 39.1 Å². The number of hydrogen-bond donors (Lipinski definition) is 1. The van der Waals surface area contributed by atoms with E-state index < -0.39 is 0 Å². The zero-order valence-electron chi connectivity index (χ0n) is 10.6. The largest absolute Gasteiger partial charge is 0.375 e. The van der Waals surface area contributed by atoms with Crippen LogP contribution >= 0.6 is 0 Å². The van der Waals surface area contributed by atoms with Crippen molar-refractivity contribution in [2.45, 2.75) is 6.42 Å². The first-order valence-electron chi connectivity index (χ1n) is 5.88. The maximum Gasteiger partial charge on any atom is 0.248 e. The lowest BCUT2D eigenvalue weighted by Gasteiger charge is -2.34. The van der Waals surface area contributed by atoms with Crippen molar-refractivity contribution in [3.05, 3.63) is 0 Å². The van der Waals surface area contributed by atoms with E-state index in [1.54, 1.807) is 4.90 Å². The van der Waals surface area contributed by atoms with Crippen LogP contribution in [0.15, 0.2) is 0 Å². The van der Waals surface area contributed by atoms with Gasteiger partial charge >= 0.3 is 0 Å². The van der Waals surface area contributed by atoms with Crippen LogP contribution in [0.2, 0.25) is 0 Å². The Morgan fingerprint density at radius 2 is 1.65 bits per heavy atom.